The highest BCUT2D eigenvalue weighted by molar-refractivity contribution is 7.89. The molecule has 112 valence electrons. The lowest BCUT2D eigenvalue weighted by molar-refractivity contribution is 0.228. The highest BCUT2D eigenvalue weighted by Crippen LogP contribution is 2.31. The van der Waals surface area contributed by atoms with Crippen molar-refractivity contribution in [3.63, 3.8) is 0 Å². The molecule has 0 bridgehead atoms. The van der Waals surface area contributed by atoms with Crippen LogP contribution in [0.15, 0.2) is 29.4 Å². The summed E-state index contributed by atoms with van der Waals surface area (Å²) in [5.41, 5.74) is 0.619. The van der Waals surface area contributed by atoms with Gasteiger partial charge in [-0.3, -0.25) is 0 Å². The van der Waals surface area contributed by atoms with Gasteiger partial charge in [0.1, 0.15) is 10.5 Å². The van der Waals surface area contributed by atoms with Gasteiger partial charge in [0.25, 0.3) is 0 Å². The first-order chi connectivity index (χ1) is 10.2. The summed E-state index contributed by atoms with van der Waals surface area (Å²) in [6, 6.07) is 3.57. The topological polar surface area (TPSA) is 78.1 Å². The first kappa shape index (κ1) is 13.2. The molecule has 0 spiro atoms. The van der Waals surface area contributed by atoms with Crippen LogP contribution >= 0.6 is 0 Å². The van der Waals surface area contributed by atoms with Gasteiger partial charge in [-0.1, -0.05) is 0 Å². The quantitative estimate of drug-likeness (QED) is 0.860. The van der Waals surface area contributed by atoms with Crippen molar-refractivity contribution in [1.82, 2.24) is 19.6 Å². The van der Waals surface area contributed by atoms with Gasteiger partial charge in [0.05, 0.1) is 0 Å². The Labute approximate surface area is 123 Å². The molecular weight excluding hydrogens is 288 g/mol. The lowest BCUT2D eigenvalue weighted by Crippen LogP contribution is -2.43. The Kier molecular flexibility index (Phi) is 3.02. The molecule has 0 aliphatic carbocycles. The third kappa shape index (κ3) is 2.07. The van der Waals surface area contributed by atoms with Crippen molar-refractivity contribution in [3.05, 3.63) is 24.5 Å². The Morgan fingerprint density at radius 1 is 1.29 bits per heavy atom. The summed E-state index contributed by atoms with van der Waals surface area (Å²) in [6.07, 6.45) is 4.16. The van der Waals surface area contributed by atoms with Crippen LogP contribution in [0.4, 0.5) is 0 Å². The maximum absolute atomic E-state index is 12.9. The standard InChI is InChI=1S/C14H18N4O2S/c19-21(20,13-8-17-14-12(13)2-1-4-16-14)18-5-3-10-6-15-7-11(10)9-18/h1-2,4,8,10-11,15H,3,5-7,9H2,(H,16,17). The Balaban J connectivity index is 1.70. The number of hydrogen-bond acceptors (Lipinski definition) is 4. The summed E-state index contributed by atoms with van der Waals surface area (Å²) in [7, 11) is -3.45. The van der Waals surface area contributed by atoms with E-state index >= 15 is 0 Å². The number of piperidine rings is 1. The van der Waals surface area contributed by atoms with Crippen LogP contribution in [0.25, 0.3) is 11.0 Å². The number of H-pyrrole nitrogens is 1. The van der Waals surface area contributed by atoms with Crippen molar-refractivity contribution in [2.45, 2.75) is 11.3 Å². The van der Waals surface area contributed by atoms with Crippen LogP contribution in [0.5, 0.6) is 0 Å². The SMILES string of the molecule is O=S(=O)(c1c[nH]c2ncccc12)N1CCC2CNCC2C1. The van der Waals surface area contributed by atoms with Crippen molar-refractivity contribution in [3.8, 4) is 0 Å². The molecule has 2 aliphatic rings. The maximum Gasteiger partial charge on any atom is 0.245 e. The first-order valence-electron chi connectivity index (χ1n) is 7.29. The van der Waals surface area contributed by atoms with Crippen LogP contribution in [0.1, 0.15) is 6.42 Å². The minimum atomic E-state index is -3.45. The van der Waals surface area contributed by atoms with Gasteiger partial charge in [-0.2, -0.15) is 4.31 Å². The Morgan fingerprint density at radius 2 is 2.14 bits per heavy atom. The van der Waals surface area contributed by atoms with Gasteiger partial charge in [-0.15, -0.1) is 0 Å². The predicted octanol–water partition coefficient (Wildman–Crippen LogP) is 0.793. The van der Waals surface area contributed by atoms with E-state index < -0.39 is 10.0 Å². The predicted molar refractivity (Wildman–Crippen MR) is 79.3 cm³/mol. The lowest BCUT2D eigenvalue weighted by Gasteiger charge is -2.33. The summed E-state index contributed by atoms with van der Waals surface area (Å²) < 4.78 is 27.5. The third-order valence-corrected chi connectivity index (χ3v) is 6.60. The van der Waals surface area contributed by atoms with E-state index in [1.54, 1.807) is 28.8 Å². The number of hydrogen-bond donors (Lipinski definition) is 2. The molecule has 2 fully saturated rings. The molecule has 2 N–H and O–H groups in total. The summed E-state index contributed by atoms with van der Waals surface area (Å²) in [6.45, 7) is 3.17. The lowest BCUT2D eigenvalue weighted by atomic mass is 9.90. The Morgan fingerprint density at radius 3 is 3.05 bits per heavy atom. The minimum Gasteiger partial charge on any atom is -0.345 e. The number of rotatable bonds is 2. The molecule has 4 rings (SSSR count). The van der Waals surface area contributed by atoms with Crippen molar-refractivity contribution < 1.29 is 8.42 Å². The number of aromatic nitrogens is 2. The largest absolute Gasteiger partial charge is 0.345 e. The van der Waals surface area contributed by atoms with Crippen molar-refractivity contribution in [1.29, 1.82) is 0 Å². The first-order valence-corrected chi connectivity index (χ1v) is 8.73. The fourth-order valence-electron chi connectivity index (χ4n) is 3.50. The second-order valence-corrected chi connectivity index (χ2v) is 7.79. The van der Waals surface area contributed by atoms with Crippen LogP contribution < -0.4 is 5.32 Å². The Hall–Kier alpha value is -1.44. The second kappa shape index (κ2) is 4.79. The molecule has 2 unspecified atom stereocenters. The highest BCUT2D eigenvalue weighted by Gasteiger charge is 2.38. The number of fused-ring (bicyclic) bond motifs is 2. The average Bonchev–Trinajstić information content (AvgIpc) is 3.13. The molecule has 21 heavy (non-hydrogen) atoms. The monoisotopic (exact) mass is 306 g/mol. The molecule has 0 aromatic carbocycles. The zero-order valence-corrected chi connectivity index (χ0v) is 12.4. The molecule has 2 aliphatic heterocycles. The van der Waals surface area contributed by atoms with Gasteiger partial charge in [0.15, 0.2) is 0 Å². The summed E-state index contributed by atoms with van der Waals surface area (Å²) >= 11 is 0. The minimum absolute atomic E-state index is 0.343. The van der Waals surface area contributed by atoms with Gasteiger partial charge in [-0.05, 0) is 43.5 Å². The van der Waals surface area contributed by atoms with Crippen LogP contribution in [0.3, 0.4) is 0 Å². The van der Waals surface area contributed by atoms with Crippen LogP contribution in [-0.2, 0) is 10.0 Å². The third-order valence-electron chi connectivity index (χ3n) is 4.70. The van der Waals surface area contributed by atoms with Crippen molar-refractivity contribution >= 4 is 21.1 Å². The van der Waals surface area contributed by atoms with E-state index in [4.69, 9.17) is 0 Å². The normalized spacial score (nSPS) is 27.0. The molecule has 2 atom stereocenters. The zero-order chi connectivity index (χ0) is 14.4. The van der Waals surface area contributed by atoms with Crippen LogP contribution in [-0.4, -0.2) is 48.9 Å². The van der Waals surface area contributed by atoms with Crippen LogP contribution in [0, 0.1) is 11.8 Å². The molecule has 7 heteroatoms. The smallest absolute Gasteiger partial charge is 0.245 e. The fourth-order valence-corrected chi connectivity index (χ4v) is 5.17. The van der Waals surface area contributed by atoms with E-state index in [1.165, 1.54) is 0 Å². The van der Waals surface area contributed by atoms with E-state index in [0.29, 0.717) is 40.9 Å². The van der Waals surface area contributed by atoms with E-state index in [-0.39, 0.29) is 0 Å². The molecule has 0 amide bonds. The highest BCUT2D eigenvalue weighted by atomic mass is 32.2. The van der Waals surface area contributed by atoms with E-state index in [2.05, 4.69) is 15.3 Å². The van der Waals surface area contributed by atoms with Gasteiger partial charge >= 0.3 is 0 Å². The molecule has 2 aromatic rings. The summed E-state index contributed by atoms with van der Waals surface area (Å²) in [5, 5.41) is 4.03. The fraction of sp³-hybridized carbons (Fsp3) is 0.500. The molecule has 0 radical (unpaired) electrons. The summed E-state index contributed by atoms with van der Waals surface area (Å²) in [4.78, 5) is 7.46. The van der Waals surface area contributed by atoms with E-state index in [0.717, 1.165) is 19.5 Å². The molecule has 2 aromatic heterocycles. The maximum atomic E-state index is 12.9. The van der Waals surface area contributed by atoms with Gasteiger partial charge in [0.2, 0.25) is 10.0 Å². The number of pyridine rings is 1. The molecule has 0 saturated carbocycles. The molecular formula is C14H18N4O2S. The van der Waals surface area contributed by atoms with Gasteiger partial charge < -0.3 is 10.3 Å². The van der Waals surface area contributed by atoms with Crippen molar-refractivity contribution in [2.75, 3.05) is 26.2 Å². The second-order valence-electron chi connectivity index (χ2n) is 5.88. The van der Waals surface area contributed by atoms with E-state index in [9.17, 15) is 8.42 Å². The molecule has 2 saturated heterocycles. The molecule has 6 nitrogen and oxygen atoms in total. The number of aromatic amines is 1. The Bertz CT molecular complexity index is 770. The average molecular weight is 306 g/mol. The van der Waals surface area contributed by atoms with Gasteiger partial charge in [0, 0.05) is 30.9 Å². The zero-order valence-electron chi connectivity index (χ0n) is 11.6. The van der Waals surface area contributed by atoms with Crippen molar-refractivity contribution in [2.24, 2.45) is 11.8 Å². The van der Waals surface area contributed by atoms with Gasteiger partial charge in [-0.25, -0.2) is 13.4 Å². The molecule has 4 heterocycles. The van der Waals surface area contributed by atoms with E-state index in [1.807, 2.05) is 0 Å². The number of sulfonamides is 1. The van der Waals surface area contributed by atoms with Crippen LogP contribution in [0.2, 0.25) is 0 Å². The number of nitrogens with one attached hydrogen (secondary N) is 2. The number of nitrogens with zero attached hydrogens (tertiary/aromatic N) is 2. The summed E-state index contributed by atoms with van der Waals surface area (Å²) in [5.74, 6) is 1.07.